The van der Waals surface area contributed by atoms with Crippen LogP contribution >= 0.6 is 0 Å². The van der Waals surface area contributed by atoms with Crippen LogP contribution in [0.5, 0.6) is 0 Å². The molecule has 0 unspecified atom stereocenters. The van der Waals surface area contributed by atoms with Gasteiger partial charge in [0.2, 0.25) is 0 Å². The summed E-state index contributed by atoms with van der Waals surface area (Å²) in [6.07, 6.45) is 0. The Morgan fingerprint density at radius 1 is 0.600 bits per heavy atom. The monoisotopic (exact) mass is 312 g/mol. The van der Waals surface area contributed by atoms with E-state index in [4.69, 9.17) is 0 Å². The van der Waals surface area contributed by atoms with Gasteiger partial charge in [-0.25, -0.2) is 0 Å². The van der Waals surface area contributed by atoms with E-state index in [0.717, 1.165) is 0 Å². The normalized spacial score (nSPS) is 0. The molecule has 0 aromatic rings. The second-order valence-electron chi connectivity index (χ2n) is 0. The summed E-state index contributed by atoms with van der Waals surface area (Å²) in [4.78, 5) is 0. The van der Waals surface area contributed by atoms with Crippen LogP contribution in [0.4, 0.5) is 0 Å². The molecule has 0 radical (unpaired) electrons. The SMILES string of the molecule is [Hg+2].[Na+].[Na+].[S-2].[S-2]. The molecular weight excluding hydrogens is 311 g/mol. The standard InChI is InChI=1S/Hg.2Na.2S/q+2;2*+1;2*-2. The van der Waals surface area contributed by atoms with Crippen LogP contribution in [0.2, 0.25) is 0 Å². The fourth-order valence-corrected chi connectivity index (χ4v) is 0. The topological polar surface area (TPSA) is 0 Å². The predicted octanol–water partition coefficient (Wildman–Crippen LogP) is -6.00. The summed E-state index contributed by atoms with van der Waals surface area (Å²) in [6.45, 7) is 0. The second-order valence-corrected chi connectivity index (χ2v) is 0. The predicted molar refractivity (Wildman–Crippen MR) is 14.7 cm³/mol. The molecule has 0 spiro atoms. The van der Waals surface area contributed by atoms with Gasteiger partial charge in [-0.3, -0.25) is 0 Å². The molecule has 0 aliphatic rings. The molecule has 0 N–H and O–H groups in total. The van der Waals surface area contributed by atoms with E-state index >= 15 is 0 Å². The minimum absolute atomic E-state index is 0. The first-order valence-corrected chi connectivity index (χ1v) is 0. The first-order chi connectivity index (χ1) is 0. The Morgan fingerprint density at radius 3 is 0.600 bits per heavy atom. The van der Waals surface area contributed by atoms with E-state index in [2.05, 4.69) is 0 Å². The Hall–Kier alpha value is 3.64. The van der Waals surface area contributed by atoms with Gasteiger partial charge >= 0.3 is 86.8 Å². The van der Waals surface area contributed by atoms with Crippen molar-refractivity contribution in [2.45, 2.75) is 0 Å². The minimum atomic E-state index is 0. The van der Waals surface area contributed by atoms with Crippen molar-refractivity contribution in [1.29, 1.82) is 0 Å². The van der Waals surface area contributed by atoms with Gasteiger partial charge in [-0.1, -0.05) is 0 Å². The molecule has 0 bridgehead atoms. The van der Waals surface area contributed by atoms with Gasteiger partial charge in [0.15, 0.2) is 0 Å². The number of rotatable bonds is 0. The summed E-state index contributed by atoms with van der Waals surface area (Å²) in [5.41, 5.74) is 0. The van der Waals surface area contributed by atoms with Crippen LogP contribution in [-0.4, -0.2) is 0 Å². The van der Waals surface area contributed by atoms with Gasteiger partial charge in [0.25, 0.3) is 0 Å². The molecule has 0 heterocycles. The average molecular weight is 311 g/mol. The Balaban J connectivity index is 0. The van der Waals surface area contributed by atoms with E-state index in [0.29, 0.717) is 0 Å². The van der Waals surface area contributed by atoms with Gasteiger partial charge in [-0.05, 0) is 0 Å². The molecule has 0 rings (SSSR count). The van der Waals surface area contributed by atoms with Gasteiger partial charge in [-0.2, -0.15) is 0 Å². The van der Waals surface area contributed by atoms with Crippen molar-refractivity contribution >= 4 is 27.0 Å². The Morgan fingerprint density at radius 2 is 0.600 bits per heavy atom. The van der Waals surface area contributed by atoms with Crippen LogP contribution in [0.25, 0.3) is 0 Å². The zero-order valence-corrected chi connectivity index (χ0v) is 14.7. The summed E-state index contributed by atoms with van der Waals surface area (Å²) >= 11 is 0. The van der Waals surface area contributed by atoms with E-state index in [1.54, 1.807) is 0 Å². The molecule has 5 heavy (non-hydrogen) atoms. The zero-order chi connectivity index (χ0) is 0. The fourth-order valence-electron chi connectivity index (χ4n) is 0. The summed E-state index contributed by atoms with van der Waals surface area (Å²) in [7, 11) is 0. The summed E-state index contributed by atoms with van der Waals surface area (Å²) in [6, 6.07) is 0. The molecule has 16 valence electrons. The maximum absolute atomic E-state index is 0. The summed E-state index contributed by atoms with van der Waals surface area (Å²) in [5, 5.41) is 0. The third-order valence-electron chi connectivity index (χ3n) is 0. The number of hydrogen-bond donors (Lipinski definition) is 0. The van der Waals surface area contributed by atoms with Crippen LogP contribution in [0, 0.1) is 0 Å². The minimum Gasteiger partial charge on any atom is -2.00 e. The average Bonchev–Trinajstić information content (AvgIpc) is 0. The first kappa shape index (κ1) is 38.1. The quantitative estimate of drug-likeness (QED) is 0.391. The molecule has 0 aliphatic heterocycles. The molecule has 0 aromatic heterocycles. The molecule has 0 saturated heterocycles. The molecule has 0 aliphatic carbocycles. The molecule has 0 saturated carbocycles. The Bertz CT molecular complexity index is 7.61. The molecule has 0 amide bonds. The second kappa shape index (κ2) is 25.4. The molecule has 0 aromatic carbocycles. The van der Waals surface area contributed by atoms with Gasteiger partial charge in [0, 0.05) is 0 Å². The van der Waals surface area contributed by atoms with Crippen LogP contribution in [0.1, 0.15) is 0 Å². The maximum atomic E-state index is 0. The van der Waals surface area contributed by atoms with Crippen LogP contribution < -0.4 is 59.1 Å². The van der Waals surface area contributed by atoms with Crippen molar-refractivity contribution in [2.24, 2.45) is 0 Å². The van der Waals surface area contributed by atoms with Crippen molar-refractivity contribution in [1.82, 2.24) is 0 Å². The van der Waals surface area contributed by atoms with Crippen molar-refractivity contribution in [3.8, 4) is 0 Å². The fraction of sp³-hybridized carbons (Fsp3) is 0. The zero-order valence-electron chi connectivity index (χ0n) is 3.52. The first-order valence-electron chi connectivity index (χ1n) is 0. The summed E-state index contributed by atoms with van der Waals surface area (Å²) < 4.78 is 0. The van der Waals surface area contributed by atoms with Gasteiger partial charge in [-0.15, -0.1) is 0 Å². The maximum Gasteiger partial charge on any atom is 2.00 e. The van der Waals surface area contributed by atoms with E-state index in [-0.39, 0.29) is 114 Å². The van der Waals surface area contributed by atoms with E-state index in [1.165, 1.54) is 0 Å². The van der Waals surface area contributed by atoms with E-state index < -0.39 is 0 Å². The van der Waals surface area contributed by atoms with Crippen molar-refractivity contribution < 1.29 is 86.8 Å². The van der Waals surface area contributed by atoms with Crippen molar-refractivity contribution in [2.75, 3.05) is 0 Å². The van der Waals surface area contributed by atoms with Crippen LogP contribution in [0.15, 0.2) is 0 Å². The molecule has 5 heteroatoms. The van der Waals surface area contributed by atoms with Crippen molar-refractivity contribution in [3.05, 3.63) is 0 Å². The number of hydrogen-bond acceptors (Lipinski definition) is 0. The smallest absolute Gasteiger partial charge is 2.00 e. The Labute approximate surface area is 111 Å². The molecular formula is HgNa2S2. The molecule has 0 atom stereocenters. The molecule has 0 fully saturated rings. The Kier molecular flexibility index (Phi) is 194. The van der Waals surface area contributed by atoms with Crippen LogP contribution in [-0.2, 0) is 54.7 Å². The largest absolute Gasteiger partial charge is 2.00 e. The summed E-state index contributed by atoms with van der Waals surface area (Å²) in [5.74, 6) is 0. The molecule has 0 nitrogen and oxygen atoms in total. The van der Waals surface area contributed by atoms with Crippen molar-refractivity contribution in [3.63, 3.8) is 0 Å². The van der Waals surface area contributed by atoms with Gasteiger partial charge < -0.3 is 27.0 Å². The van der Waals surface area contributed by atoms with Crippen LogP contribution in [0.3, 0.4) is 0 Å². The van der Waals surface area contributed by atoms with E-state index in [1.807, 2.05) is 0 Å². The van der Waals surface area contributed by atoms with Gasteiger partial charge in [0.1, 0.15) is 0 Å². The van der Waals surface area contributed by atoms with Gasteiger partial charge in [0.05, 0.1) is 0 Å². The van der Waals surface area contributed by atoms with E-state index in [9.17, 15) is 0 Å². The third-order valence-corrected chi connectivity index (χ3v) is 0. The third kappa shape index (κ3) is 18.3.